The molecule has 0 heterocycles. The number of nitrogens with one attached hydrogen (secondary N) is 2. The minimum Gasteiger partial charge on any atom is -1.00 e. The molecule has 0 aliphatic carbocycles. The first kappa shape index (κ1) is 20.4. The highest BCUT2D eigenvalue weighted by molar-refractivity contribution is 5.86. The first-order valence-electron chi connectivity index (χ1n) is 7.92. The number of rotatable bonds is 6. The van der Waals surface area contributed by atoms with Gasteiger partial charge in [-0.1, -0.05) is 60.7 Å². The lowest BCUT2D eigenvalue weighted by Gasteiger charge is -2.00. The van der Waals surface area contributed by atoms with Crippen LogP contribution in [0, 0.1) is 0 Å². The van der Waals surface area contributed by atoms with E-state index in [0.29, 0.717) is 5.96 Å². The quantitative estimate of drug-likeness (QED) is 0.324. The van der Waals surface area contributed by atoms with Gasteiger partial charge in [0.15, 0.2) is 0 Å². The lowest BCUT2D eigenvalue weighted by Crippen LogP contribution is -3.00. The highest BCUT2D eigenvalue weighted by Crippen LogP contribution is 2.00. The number of nitrogens with zero attached hydrogens (tertiary/aromatic N) is 2. The van der Waals surface area contributed by atoms with E-state index < -0.39 is 0 Å². The minimum atomic E-state index is 0. The highest BCUT2D eigenvalue weighted by Gasteiger charge is 2.00. The van der Waals surface area contributed by atoms with Crippen LogP contribution in [0.25, 0.3) is 0 Å². The van der Waals surface area contributed by atoms with Crippen molar-refractivity contribution in [3.63, 3.8) is 0 Å². The normalized spacial score (nSPS) is 12.5. The van der Waals surface area contributed by atoms with Gasteiger partial charge in [0.25, 0.3) is 0 Å². The Labute approximate surface area is 155 Å². The number of hydrogen-bond donors (Lipinski definition) is 3. The first-order chi connectivity index (χ1) is 11.6. The van der Waals surface area contributed by atoms with Crippen molar-refractivity contribution in [2.75, 3.05) is 0 Å². The zero-order chi connectivity index (χ0) is 17.2. The summed E-state index contributed by atoms with van der Waals surface area (Å²) in [5.41, 5.74) is 12.9. The fourth-order valence-electron chi connectivity index (χ4n) is 2.20. The van der Waals surface area contributed by atoms with Crippen LogP contribution in [-0.4, -0.2) is 17.4 Å². The lowest BCUT2D eigenvalue weighted by molar-refractivity contribution is -0.465. The van der Waals surface area contributed by atoms with Gasteiger partial charge in [-0.3, -0.25) is 5.73 Å². The summed E-state index contributed by atoms with van der Waals surface area (Å²) in [6.07, 6.45) is 1.55. The molecule has 0 amide bonds. The van der Waals surface area contributed by atoms with Gasteiger partial charge in [0.05, 0.1) is 11.4 Å². The molecule has 0 aliphatic heterocycles. The summed E-state index contributed by atoms with van der Waals surface area (Å²) < 4.78 is 0. The zero-order valence-electron chi connectivity index (χ0n) is 14.5. The van der Waals surface area contributed by atoms with Crippen molar-refractivity contribution in [3.05, 3.63) is 71.8 Å². The van der Waals surface area contributed by atoms with Crippen molar-refractivity contribution in [1.82, 2.24) is 5.43 Å². The SMILES string of the molecule is C/C(Cc1ccccc1)=N\N/C(N)=[NH+]/N=C(\C)Cc1ccccc1.[Cl-]. The Morgan fingerprint density at radius 3 is 1.88 bits per heavy atom. The van der Waals surface area contributed by atoms with Crippen molar-refractivity contribution in [2.45, 2.75) is 26.7 Å². The number of halogens is 1. The van der Waals surface area contributed by atoms with E-state index in [0.717, 1.165) is 24.3 Å². The molecule has 25 heavy (non-hydrogen) atoms. The van der Waals surface area contributed by atoms with Gasteiger partial charge in [-0.15, -0.1) is 10.2 Å². The number of guanidine groups is 1. The Balaban J connectivity index is 0.00000312. The number of benzene rings is 2. The summed E-state index contributed by atoms with van der Waals surface area (Å²) in [7, 11) is 0. The fourth-order valence-corrected chi connectivity index (χ4v) is 2.20. The van der Waals surface area contributed by atoms with Gasteiger partial charge in [-0.2, -0.15) is 10.5 Å². The molecule has 0 bridgehead atoms. The Hall–Kier alpha value is -2.66. The second kappa shape index (κ2) is 11.0. The molecule has 4 N–H and O–H groups in total. The van der Waals surface area contributed by atoms with Crippen LogP contribution in [0.5, 0.6) is 0 Å². The van der Waals surface area contributed by atoms with E-state index in [4.69, 9.17) is 5.73 Å². The Morgan fingerprint density at radius 2 is 1.36 bits per heavy atom. The van der Waals surface area contributed by atoms with Crippen molar-refractivity contribution >= 4 is 17.4 Å². The van der Waals surface area contributed by atoms with Gasteiger partial charge in [-0.25, -0.2) is 0 Å². The van der Waals surface area contributed by atoms with Gasteiger partial charge < -0.3 is 12.4 Å². The number of hydrazone groups is 2. The third-order valence-corrected chi connectivity index (χ3v) is 3.34. The fraction of sp³-hybridized carbons (Fsp3) is 0.211. The number of hydrogen-bond acceptors (Lipinski definition) is 2. The van der Waals surface area contributed by atoms with Gasteiger partial charge >= 0.3 is 5.96 Å². The predicted octanol–water partition coefficient (Wildman–Crippen LogP) is -1.79. The largest absolute Gasteiger partial charge is 1.00 e. The maximum atomic E-state index is 5.84. The van der Waals surface area contributed by atoms with E-state index >= 15 is 0 Å². The molecule has 0 aliphatic rings. The smallest absolute Gasteiger partial charge is 0.388 e. The lowest BCUT2D eigenvalue weighted by atomic mass is 10.1. The van der Waals surface area contributed by atoms with Crippen LogP contribution in [0.2, 0.25) is 0 Å². The molecular formula is C19H24ClN5. The van der Waals surface area contributed by atoms with Crippen LogP contribution < -0.4 is 28.7 Å². The molecule has 0 saturated heterocycles. The summed E-state index contributed by atoms with van der Waals surface area (Å²) in [5, 5.41) is 11.3. The number of nitrogens with two attached hydrogens (primary N) is 1. The van der Waals surface area contributed by atoms with Crippen molar-refractivity contribution in [1.29, 1.82) is 0 Å². The Bertz CT molecular complexity index is 724. The second-order valence-electron chi connectivity index (χ2n) is 5.66. The maximum Gasteiger partial charge on any atom is 0.388 e. The molecule has 0 saturated carbocycles. The van der Waals surface area contributed by atoms with Crippen molar-refractivity contribution in [2.24, 2.45) is 15.9 Å². The predicted molar refractivity (Wildman–Crippen MR) is 99.8 cm³/mol. The van der Waals surface area contributed by atoms with Crippen molar-refractivity contribution < 1.29 is 17.5 Å². The molecule has 132 valence electrons. The summed E-state index contributed by atoms with van der Waals surface area (Å²) in [6, 6.07) is 20.3. The van der Waals surface area contributed by atoms with Crippen molar-refractivity contribution in [3.8, 4) is 0 Å². The van der Waals surface area contributed by atoms with Gasteiger partial charge in [0.1, 0.15) is 0 Å². The summed E-state index contributed by atoms with van der Waals surface area (Å²) >= 11 is 0. The van der Waals surface area contributed by atoms with E-state index in [1.165, 1.54) is 11.1 Å². The van der Waals surface area contributed by atoms with Crippen LogP contribution in [0.1, 0.15) is 25.0 Å². The van der Waals surface area contributed by atoms with Crippen LogP contribution in [-0.2, 0) is 12.8 Å². The third kappa shape index (κ3) is 8.13. The molecule has 0 aromatic heterocycles. The van der Waals surface area contributed by atoms with Crippen LogP contribution in [0.3, 0.4) is 0 Å². The van der Waals surface area contributed by atoms with E-state index in [1.54, 1.807) is 0 Å². The van der Waals surface area contributed by atoms with Gasteiger partial charge in [0, 0.05) is 12.8 Å². The van der Waals surface area contributed by atoms with E-state index in [-0.39, 0.29) is 12.4 Å². The average molecular weight is 358 g/mol. The van der Waals surface area contributed by atoms with Crippen LogP contribution in [0.15, 0.2) is 70.9 Å². The standard InChI is InChI=1S/C19H23N5.ClH/c1-15(13-17-9-5-3-6-10-17)21-23-19(20)24-22-16(2)14-18-11-7-4-8-12-18;/h3-12H,13-14H2,1-2H3,(H3,20,23,24);1H/b21-15+,22-16+;. The maximum absolute atomic E-state index is 5.84. The third-order valence-electron chi connectivity index (χ3n) is 3.34. The monoisotopic (exact) mass is 357 g/mol. The summed E-state index contributed by atoms with van der Waals surface area (Å²) in [6.45, 7) is 3.91. The Morgan fingerprint density at radius 1 is 0.880 bits per heavy atom. The molecule has 2 rings (SSSR count). The average Bonchev–Trinajstić information content (AvgIpc) is 2.60. The zero-order valence-corrected chi connectivity index (χ0v) is 15.3. The molecular weight excluding hydrogens is 334 g/mol. The van der Waals surface area contributed by atoms with Crippen LogP contribution in [0.4, 0.5) is 0 Å². The summed E-state index contributed by atoms with van der Waals surface area (Å²) in [4.78, 5) is 0. The molecule has 2 aromatic rings. The van der Waals surface area contributed by atoms with E-state index in [9.17, 15) is 0 Å². The molecule has 0 atom stereocenters. The molecule has 0 unspecified atom stereocenters. The summed E-state index contributed by atoms with van der Waals surface area (Å²) in [5.74, 6) is 0.301. The molecule has 6 heteroatoms. The van der Waals surface area contributed by atoms with Gasteiger partial charge in [-0.05, 0) is 25.0 Å². The van der Waals surface area contributed by atoms with E-state index in [1.807, 2.05) is 50.2 Å². The first-order valence-corrected chi connectivity index (χ1v) is 7.92. The molecule has 0 fully saturated rings. The highest BCUT2D eigenvalue weighted by atomic mass is 35.5. The molecule has 2 aromatic carbocycles. The second-order valence-corrected chi connectivity index (χ2v) is 5.66. The minimum absolute atomic E-state index is 0. The Kier molecular flexibility index (Phi) is 8.96. The molecule has 0 radical (unpaired) electrons. The molecule has 5 nitrogen and oxygen atoms in total. The molecule has 0 spiro atoms. The van der Waals surface area contributed by atoms with E-state index in [2.05, 4.69) is 45.0 Å². The topological polar surface area (TPSA) is 76.7 Å². The van der Waals surface area contributed by atoms with Gasteiger partial charge in [0.2, 0.25) is 0 Å². The van der Waals surface area contributed by atoms with Crippen LogP contribution >= 0.6 is 0 Å².